The van der Waals surface area contributed by atoms with Gasteiger partial charge in [-0.15, -0.1) is 0 Å². The second-order valence-corrected chi connectivity index (χ2v) is 7.26. The van der Waals surface area contributed by atoms with Crippen LogP contribution in [0.4, 0.5) is 10.6 Å². The maximum Gasteiger partial charge on any atom is 0.416 e. The molecular formula is C21H26N2O5. The average molecular weight is 386 g/mol. The second-order valence-electron chi connectivity index (χ2n) is 7.26. The van der Waals surface area contributed by atoms with E-state index >= 15 is 0 Å². The molecule has 28 heavy (non-hydrogen) atoms. The number of ether oxygens (including phenoxy) is 3. The van der Waals surface area contributed by atoms with Gasteiger partial charge in [0.05, 0.1) is 26.3 Å². The van der Waals surface area contributed by atoms with Crippen LogP contribution in [0.3, 0.4) is 0 Å². The molecule has 150 valence electrons. The van der Waals surface area contributed by atoms with Crippen molar-refractivity contribution < 1.29 is 23.8 Å². The summed E-state index contributed by atoms with van der Waals surface area (Å²) in [7, 11) is 2.90. The molecule has 2 rings (SSSR count). The predicted octanol–water partition coefficient (Wildman–Crippen LogP) is 4.13. The van der Waals surface area contributed by atoms with E-state index in [-0.39, 0.29) is 6.54 Å². The summed E-state index contributed by atoms with van der Waals surface area (Å²) in [5.41, 5.74) is 1.18. The number of aromatic nitrogens is 1. The third kappa shape index (κ3) is 5.45. The van der Waals surface area contributed by atoms with Crippen LogP contribution in [0.2, 0.25) is 0 Å². The zero-order chi connectivity index (χ0) is 20.9. The minimum absolute atomic E-state index is 0.218. The standard InChI is InChI=1S/C21H26N2O5/c1-14-12-22-18(11-17(14)19(24)27-6)23(20(25)28-21(2,3)4)13-15-7-9-16(26-5)10-8-15/h7-12H,13H2,1-6H3. The molecule has 0 aliphatic heterocycles. The third-order valence-corrected chi connectivity index (χ3v) is 3.88. The fourth-order valence-corrected chi connectivity index (χ4v) is 2.46. The monoisotopic (exact) mass is 386 g/mol. The highest BCUT2D eigenvalue weighted by Gasteiger charge is 2.26. The summed E-state index contributed by atoms with van der Waals surface area (Å²) in [6.07, 6.45) is 0.975. The fraction of sp³-hybridized carbons (Fsp3) is 0.381. The number of nitrogens with zero attached hydrogens (tertiary/aromatic N) is 2. The van der Waals surface area contributed by atoms with E-state index in [2.05, 4.69) is 4.98 Å². The van der Waals surface area contributed by atoms with E-state index < -0.39 is 17.7 Å². The lowest BCUT2D eigenvalue weighted by molar-refractivity contribution is 0.0569. The Morgan fingerprint density at radius 1 is 1.11 bits per heavy atom. The van der Waals surface area contributed by atoms with E-state index in [1.165, 1.54) is 24.3 Å². The lowest BCUT2D eigenvalue weighted by Gasteiger charge is -2.27. The zero-order valence-electron chi connectivity index (χ0n) is 17.1. The number of aryl methyl sites for hydroxylation is 1. The van der Waals surface area contributed by atoms with Crippen molar-refractivity contribution in [3.05, 3.63) is 53.2 Å². The topological polar surface area (TPSA) is 78.0 Å². The maximum absolute atomic E-state index is 12.8. The van der Waals surface area contributed by atoms with Gasteiger partial charge in [0, 0.05) is 6.20 Å². The molecule has 1 amide bonds. The predicted molar refractivity (Wildman–Crippen MR) is 106 cm³/mol. The van der Waals surface area contributed by atoms with Gasteiger partial charge in [0.1, 0.15) is 17.2 Å². The number of anilines is 1. The first-order valence-corrected chi connectivity index (χ1v) is 8.83. The van der Waals surface area contributed by atoms with Gasteiger partial charge < -0.3 is 14.2 Å². The van der Waals surface area contributed by atoms with Gasteiger partial charge >= 0.3 is 12.1 Å². The normalized spacial score (nSPS) is 10.9. The smallest absolute Gasteiger partial charge is 0.416 e. The van der Waals surface area contributed by atoms with Crippen molar-refractivity contribution in [1.82, 2.24) is 4.98 Å². The number of carbonyl (C=O) groups is 2. The van der Waals surface area contributed by atoms with Crippen LogP contribution in [-0.2, 0) is 16.0 Å². The molecule has 1 aromatic carbocycles. The maximum atomic E-state index is 12.8. The van der Waals surface area contributed by atoms with Gasteiger partial charge in [0.2, 0.25) is 0 Å². The molecule has 0 aliphatic rings. The Labute approximate surface area is 165 Å². The Hall–Kier alpha value is -3.09. The first kappa shape index (κ1) is 21.2. The van der Waals surface area contributed by atoms with E-state index in [9.17, 15) is 9.59 Å². The number of pyridine rings is 1. The fourth-order valence-electron chi connectivity index (χ4n) is 2.46. The molecule has 1 heterocycles. The van der Waals surface area contributed by atoms with Crippen LogP contribution in [0.25, 0.3) is 0 Å². The zero-order valence-corrected chi connectivity index (χ0v) is 17.1. The number of benzene rings is 1. The van der Waals surface area contributed by atoms with Gasteiger partial charge in [-0.1, -0.05) is 12.1 Å². The van der Waals surface area contributed by atoms with Crippen LogP contribution in [-0.4, -0.2) is 36.9 Å². The van der Waals surface area contributed by atoms with Gasteiger partial charge in [-0.3, -0.25) is 4.90 Å². The number of carbonyl (C=O) groups excluding carboxylic acids is 2. The van der Waals surface area contributed by atoms with Gasteiger partial charge in [-0.2, -0.15) is 0 Å². The van der Waals surface area contributed by atoms with Crippen molar-refractivity contribution in [1.29, 1.82) is 0 Å². The summed E-state index contributed by atoms with van der Waals surface area (Å²) in [5.74, 6) is 0.528. The van der Waals surface area contributed by atoms with Crippen molar-refractivity contribution in [2.24, 2.45) is 0 Å². The lowest BCUT2D eigenvalue weighted by Crippen LogP contribution is -2.37. The molecular weight excluding hydrogens is 360 g/mol. The molecule has 0 aliphatic carbocycles. The Morgan fingerprint density at radius 2 is 1.75 bits per heavy atom. The van der Waals surface area contributed by atoms with Crippen LogP contribution in [0, 0.1) is 6.92 Å². The molecule has 0 radical (unpaired) electrons. The molecule has 0 spiro atoms. The van der Waals surface area contributed by atoms with E-state index in [0.29, 0.717) is 22.7 Å². The van der Waals surface area contributed by atoms with Gasteiger partial charge in [-0.25, -0.2) is 14.6 Å². The van der Waals surface area contributed by atoms with E-state index in [1.54, 1.807) is 34.8 Å². The highest BCUT2D eigenvalue weighted by atomic mass is 16.6. The van der Waals surface area contributed by atoms with Crippen molar-refractivity contribution >= 4 is 17.9 Å². The molecule has 0 atom stereocenters. The van der Waals surface area contributed by atoms with E-state index in [0.717, 1.165) is 5.56 Å². The van der Waals surface area contributed by atoms with Crippen LogP contribution in [0.5, 0.6) is 5.75 Å². The Balaban J connectivity index is 2.42. The van der Waals surface area contributed by atoms with Crippen LogP contribution in [0.15, 0.2) is 36.5 Å². The molecule has 0 N–H and O–H groups in total. The minimum atomic E-state index is -0.675. The average Bonchev–Trinajstić information content (AvgIpc) is 2.65. The first-order valence-electron chi connectivity index (χ1n) is 8.83. The Morgan fingerprint density at radius 3 is 2.29 bits per heavy atom. The molecule has 0 unspecified atom stereocenters. The summed E-state index contributed by atoms with van der Waals surface area (Å²) < 4.78 is 15.5. The van der Waals surface area contributed by atoms with Crippen LogP contribution in [0.1, 0.15) is 42.3 Å². The molecule has 0 saturated heterocycles. The molecule has 7 heteroatoms. The first-order chi connectivity index (χ1) is 13.1. The van der Waals surface area contributed by atoms with Crippen molar-refractivity contribution in [2.45, 2.75) is 39.8 Å². The summed E-state index contributed by atoms with van der Waals surface area (Å²) in [5, 5.41) is 0. The number of methoxy groups -OCH3 is 2. The highest BCUT2D eigenvalue weighted by Crippen LogP contribution is 2.23. The van der Waals surface area contributed by atoms with Gasteiger partial charge in [0.15, 0.2) is 0 Å². The van der Waals surface area contributed by atoms with Gasteiger partial charge in [-0.05, 0) is 57.0 Å². The summed E-state index contributed by atoms with van der Waals surface area (Å²) >= 11 is 0. The molecule has 7 nitrogen and oxygen atoms in total. The van der Waals surface area contributed by atoms with Crippen molar-refractivity contribution in [3.63, 3.8) is 0 Å². The third-order valence-electron chi connectivity index (χ3n) is 3.88. The second kappa shape index (κ2) is 8.73. The van der Waals surface area contributed by atoms with Gasteiger partial charge in [0.25, 0.3) is 0 Å². The van der Waals surface area contributed by atoms with E-state index in [4.69, 9.17) is 14.2 Å². The van der Waals surface area contributed by atoms with Crippen LogP contribution >= 0.6 is 0 Å². The number of esters is 1. The number of rotatable bonds is 5. The molecule has 1 aromatic heterocycles. The van der Waals surface area contributed by atoms with Crippen LogP contribution < -0.4 is 9.64 Å². The van der Waals surface area contributed by atoms with Crippen molar-refractivity contribution in [2.75, 3.05) is 19.1 Å². The highest BCUT2D eigenvalue weighted by molar-refractivity contribution is 5.93. The van der Waals surface area contributed by atoms with E-state index in [1.807, 2.05) is 24.3 Å². The summed E-state index contributed by atoms with van der Waals surface area (Å²) in [6, 6.07) is 8.86. The molecule has 2 aromatic rings. The largest absolute Gasteiger partial charge is 0.497 e. The SMILES string of the molecule is COC(=O)c1cc(N(Cc2ccc(OC)cc2)C(=O)OC(C)(C)C)ncc1C. The number of amides is 1. The molecule has 0 fully saturated rings. The molecule has 0 saturated carbocycles. The quantitative estimate of drug-likeness (QED) is 0.719. The Bertz CT molecular complexity index is 841. The lowest BCUT2D eigenvalue weighted by atomic mass is 10.1. The van der Waals surface area contributed by atoms with Crippen molar-refractivity contribution in [3.8, 4) is 5.75 Å². The number of hydrogen-bond acceptors (Lipinski definition) is 6. The molecule has 0 bridgehead atoms. The summed E-state index contributed by atoms with van der Waals surface area (Å²) in [4.78, 5) is 30.6. The minimum Gasteiger partial charge on any atom is -0.497 e. The Kier molecular flexibility index (Phi) is 6.62. The number of hydrogen-bond donors (Lipinski definition) is 0. The summed E-state index contributed by atoms with van der Waals surface area (Å²) in [6.45, 7) is 7.34.